The predicted octanol–water partition coefficient (Wildman–Crippen LogP) is 3.09. The number of hydrogen-bond acceptors (Lipinski definition) is 3. The second-order valence-electron chi connectivity index (χ2n) is 3.91. The number of rotatable bonds is 3. The van der Waals surface area contributed by atoms with Gasteiger partial charge in [-0.15, -0.1) is 23.2 Å². The molecule has 1 aromatic heterocycles. The minimum atomic E-state index is -0.677. The average Bonchev–Trinajstić information content (AvgIpc) is 2.64. The number of hydrogen-bond donors (Lipinski definition) is 0. The van der Waals surface area contributed by atoms with E-state index in [9.17, 15) is 0 Å². The molecular weight excluding hydrogens is 258 g/mol. The molecule has 1 fully saturated rings. The van der Waals surface area contributed by atoms with Gasteiger partial charge >= 0.3 is 0 Å². The van der Waals surface area contributed by atoms with Crippen LogP contribution in [0.2, 0.25) is 5.15 Å². The summed E-state index contributed by atoms with van der Waals surface area (Å²) in [5, 5.41) is 0.351. The largest absolute Gasteiger partial charge is 0.477 e. The highest BCUT2D eigenvalue weighted by molar-refractivity contribution is 6.51. The van der Waals surface area contributed by atoms with Crippen LogP contribution in [0.25, 0.3) is 0 Å². The van der Waals surface area contributed by atoms with Crippen LogP contribution in [-0.2, 0) is 0 Å². The fourth-order valence-corrected chi connectivity index (χ4v) is 2.07. The Balaban J connectivity index is 1.95. The maximum atomic E-state index is 5.97. The molecule has 1 unspecified atom stereocenters. The average molecular weight is 268 g/mol. The van der Waals surface area contributed by atoms with E-state index < -0.39 is 4.33 Å². The van der Waals surface area contributed by atoms with Crippen molar-refractivity contribution in [3.63, 3.8) is 0 Å². The highest BCUT2D eigenvalue weighted by Gasteiger charge is 2.63. The van der Waals surface area contributed by atoms with Crippen molar-refractivity contribution in [2.24, 2.45) is 5.41 Å². The van der Waals surface area contributed by atoms with Crippen LogP contribution in [0.4, 0.5) is 0 Å². The van der Waals surface area contributed by atoms with E-state index in [4.69, 9.17) is 39.5 Å². The molecule has 1 aliphatic carbocycles. The minimum absolute atomic E-state index is 0.201. The van der Waals surface area contributed by atoms with E-state index in [1.165, 1.54) is 6.33 Å². The van der Waals surface area contributed by atoms with Crippen LogP contribution in [0.15, 0.2) is 12.4 Å². The van der Waals surface area contributed by atoms with E-state index in [0.717, 1.165) is 6.42 Å². The number of aromatic nitrogens is 2. The topological polar surface area (TPSA) is 35.0 Å². The monoisotopic (exact) mass is 266 g/mol. The maximum absolute atomic E-state index is 5.97. The van der Waals surface area contributed by atoms with Crippen molar-refractivity contribution >= 4 is 34.8 Å². The summed E-state index contributed by atoms with van der Waals surface area (Å²) in [5.74, 6) is 0.437. The van der Waals surface area contributed by atoms with Crippen molar-refractivity contribution in [3.8, 4) is 5.88 Å². The molecule has 0 N–H and O–H groups in total. The number of halogens is 3. The number of alkyl halides is 2. The van der Waals surface area contributed by atoms with Gasteiger partial charge in [-0.1, -0.05) is 18.5 Å². The van der Waals surface area contributed by atoms with E-state index in [1.54, 1.807) is 6.07 Å². The molecule has 2 rings (SSSR count). The zero-order chi connectivity index (χ0) is 11.1. The second-order valence-corrected chi connectivity index (χ2v) is 5.78. The fraction of sp³-hybridized carbons (Fsp3) is 0.556. The first-order valence-electron chi connectivity index (χ1n) is 4.41. The molecule has 0 aromatic carbocycles. The summed E-state index contributed by atoms with van der Waals surface area (Å²) < 4.78 is 4.77. The number of ether oxygens (including phenoxy) is 1. The Morgan fingerprint density at radius 2 is 2.13 bits per heavy atom. The number of nitrogens with zero attached hydrogens (tertiary/aromatic N) is 2. The molecule has 0 aliphatic heterocycles. The van der Waals surface area contributed by atoms with E-state index in [2.05, 4.69) is 9.97 Å². The lowest BCUT2D eigenvalue weighted by molar-refractivity contribution is 0.236. The second kappa shape index (κ2) is 3.65. The van der Waals surface area contributed by atoms with Crippen LogP contribution < -0.4 is 4.74 Å². The van der Waals surface area contributed by atoms with Crippen LogP contribution in [0, 0.1) is 5.41 Å². The summed E-state index contributed by atoms with van der Waals surface area (Å²) in [4.78, 5) is 7.66. The molecule has 15 heavy (non-hydrogen) atoms. The summed E-state index contributed by atoms with van der Waals surface area (Å²) in [5.41, 5.74) is -0.201. The van der Waals surface area contributed by atoms with Gasteiger partial charge in [-0.2, -0.15) is 0 Å². The van der Waals surface area contributed by atoms with Gasteiger partial charge in [-0.3, -0.25) is 0 Å². The highest BCUT2D eigenvalue weighted by Crippen LogP contribution is 2.63. The smallest absolute Gasteiger partial charge is 0.217 e. The standard InChI is InChI=1S/C9H9Cl3N2O/c1-8(3-9(8,11)12)4-15-7-2-6(10)13-5-14-7/h2,5H,3-4H2,1H3. The molecule has 0 amide bonds. The van der Waals surface area contributed by atoms with Crippen LogP contribution in [0.3, 0.4) is 0 Å². The third kappa shape index (κ3) is 2.30. The van der Waals surface area contributed by atoms with Gasteiger partial charge in [0.1, 0.15) is 15.8 Å². The predicted molar refractivity (Wildman–Crippen MR) is 59.7 cm³/mol. The molecule has 0 saturated heterocycles. The van der Waals surface area contributed by atoms with Crippen LogP contribution in [-0.4, -0.2) is 20.9 Å². The summed E-state index contributed by atoms with van der Waals surface area (Å²) in [7, 11) is 0. The van der Waals surface area contributed by atoms with Gasteiger partial charge in [-0.25, -0.2) is 9.97 Å². The third-order valence-corrected chi connectivity index (χ3v) is 3.90. The Bertz CT molecular complexity index is 385. The van der Waals surface area contributed by atoms with Gasteiger partial charge in [0.25, 0.3) is 0 Å². The summed E-state index contributed by atoms with van der Waals surface area (Å²) >= 11 is 17.6. The van der Waals surface area contributed by atoms with Crippen molar-refractivity contribution in [1.82, 2.24) is 9.97 Å². The normalized spacial score (nSPS) is 27.5. The molecule has 3 nitrogen and oxygen atoms in total. The van der Waals surface area contributed by atoms with E-state index in [-0.39, 0.29) is 5.41 Å². The summed E-state index contributed by atoms with van der Waals surface area (Å²) in [6.07, 6.45) is 2.07. The van der Waals surface area contributed by atoms with Crippen molar-refractivity contribution < 1.29 is 4.74 Å². The quantitative estimate of drug-likeness (QED) is 0.623. The first kappa shape index (κ1) is 11.2. The van der Waals surface area contributed by atoms with E-state index >= 15 is 0 Å². The molecular formula is C9H9Cl3N2O. The van der Waals surface area contributed by atoms with Gasteiger partial charge in [0.15, 0.2) is 0 Å². The Kier molecular flexibility index (Phi) is 2.73. The molecule has 1 aliphatic rings. The van der Waals surface area contributed by atoms with Crippen LogP contribution in [0.5, 0.6) is 5.88 Å². The Morgan fingerprint density at radius 1 is 1.47 bits per heavy atom. The fourth-order valence-electron chi connectivity index (χ4n) is 1.23. The lowest BCUT2D eigenvalue weighted by Gasteiger charge is -2.12. The Morgan fingerprint density at radius 3 is 2.67 bits per heavy atom. The van der Waals surface area contributed by atoms with Crippen molar-refractivity contribution in [1.29, 1.82) is 0 Å². The molecule has 0 radical (unpaired) electrons. The minimum Gasteiger partial charge on any atom is -0.477 e. The summed E-state index contributed by atoms with van der Waals surface area (Å²) in [6.45, 7) is 2.39. The SMILES string of the molecule is CC1(COc2cc(Cl)ncn2)CC1(Cl)Cl. The Labute approximate surface area is 103 Å². The maximum Gasteiger partial charge on any atom is 0.217 e. The highest BCUT2D eigenvalue weighted by atomic mass is 35.5. The van der Waals surface area contributed by atoms with E-state index in [1.807, 2.05) is 6.92 Å². The molecule has 1 aromatic rings. The summed E-state index contributed by atoms with van der Waals surface area (Å²) in [6, 6.07) is 1.55. The molecule has 0 bridgehead atoms. The third-order valence-electron chi connectivity index (χ3n) is 2.52. The molecule has 1 atom stereocenters. The van der Waals surface area contributed by atoms with Gasteiger partial charge in [-0.05, 0) is 6.42 Å². The molecule has 0 spiro atoms. The van der Waals surface area contributed by atoms with Gasteiger partial charge in [0.05, 0.1) is 6.61 Å². The first-order chi connectivity index (χ1) is 6.93. The van der Waals surface area contributed by atoms with Gasteiger partial charge < -0.3 is 4.74 Å². The van der Waals surface area contributed by atoms with E-state index in [0.29, 0.717) is 17.6 Å². The molecule has 82 valence electrons. The van der Waals surface area contributed by atoms with Gasteiger partial charge in [0, 0.05) is 11.5 Å². The van der Waals surface area contributed by atoms with Crippen molar-refractivity contribution in [2.75, 3.05) is 6.61 Å². The zero-order valence-electron chi connectivity index (χ0n) is 8.01. The van der Waals surface area contributed by atoms with Crippen molar-refractivity contribution in [2.45, 2.75) is 17.7 Å². The van der Waals surface area contributed by atoms with Crippen molar-refractivity contribution in [3.05, 3.63) is 17.5 Å². The molecule has 6 heteroatoms. The van der Waals surface area contributed by atoms with Crippen LogP contribution in [0.1, 0.15) is 13.3 Å². The van der Waals surface area contributed by atoms with Crippen LogP contribution >= 0.6 is 34.8 Å². The zero-order valence-corrected chi connectivity index (χ0v) is 10.3. The lowest BCUT2D eigenvalue weighted by Crippen LogP contribution is -2.16. The lowest BCUT2D eigenvalue weighted by atomic mass is 10.2. The Hall–Kier alpha value is -0.250. The first-order valence-corrected chi connectivity index (χ1v) is 5.55. The molecule has 1 saturated carbocycles. The van der Waals surface area contributed by atoms with Gasteiger partial charge in [0.2, 0.25) is 5.88 Å². The molecule has 1 heterocycles.